The van der Waals surface area contributed by atoms with Crippen molar-refractivity contribution < 1.29 is 19.5 Å². The average Bonchev–Trinajstić information content (AvgIpc) is 2.70. The molecule has 0 aromatic heterocycles. The van der Waals surface area contributed by atoms with Crippen molar-refractivity contribution in [3.63, 3.8) is 0 Å². The third-order valence-corrected chi connectivity index (χ3v) is 4.15. The summed E-state index contributed by atoms with van der Waals surface area (Å²) in [6, 6.07) is 13.8. The van der Waals surface area contributed by atoms with Crippen LogP contribution >= 0.6 is 0 Å². The molecule has 0 aliphatic carbocycles. The Morgan fingerprint density at radius 3 is 2.34 bits per heavy atom. The summed E-state index contributed by atoms with van der Waals surface area (Å²) in [5.41, 5.74) is 4.71. The lowest BCUT2D eigenvalue weighted by molar-refractivity contribution is -0.114. The Kier molecular flexibility index (Phi) is 8.24. The van der Waals surface area contributed by atoms with E-state index in [-0.39, 0.29) is 18.1 Å². The summed E-state index contributed by atoms with van der Waals surface area (Å²) in [5.74, 6) is -1.20. The molecule has 0 saturated heterocycles. The maximum Gasteiger partial charge on any atom is 0.279 e. The normalized spacial score (nSPS) is 11.1. The van der Waals surface area contributed by atoms with Crippen LogP contribution in [0.2, 0.25) is 0 Å². The third-order valence-electron chi connectivity index (χ3n) is 4.15. The van der Waals surface area contributed by atoms with Crippen molar-refractivity contribution >= 4 is 34.6 Å². The molecule has 3 N–H and O–H groups in total. The lowest BCUT2D eigenvalue weighted by Gasteiger charge is -2.10. The number of Topliss-reactive ketones (excluding diaryl/α,β-unsaturated/α-hetero) is 2. The highest BCUT2D eigenvalue weighted by atomic mass is 16.3. The summed E-state index contributed by atoms with van der Waals surface area (Å²) in [6.07, 6.45) is 1.64. The molecule has 0 spiro atoms. The van der Waals surface area contributed by atoms with Gasteiger partial charge in [-0.2, -0.15) is 5.10 Å². The topological polar surface area (TPSA) is 108 Å². The molecule has 0 saturated carbocycles. The van der Waals surface area contributed by atoms with Gasteiger partial charge in [0.15, 0.2) is 17.3 Å². The number of benzene rings is 2. The van der Waals surface area contributed by atoms with E-state index < -0.39 is 11.7 Å². The Hall–Kier alpha value is -3.32. The van der Waals surface area contributed by atoms with Gasteiger partial charge in [-0.1, -0.05) is 31.2 Å². The van der Waals surface area contributed by atoms with E-state index in [1.54, 1.807) is 48.5 Å². The largest absolute Gasteiger partial charge is 0.396 e. The van der Waals surface area contributed by atoms with Gasteiger partial charge in [-0.3, -0.25) is 19.8 Å². The first-order valence-corrected chi connectivity index (χ1v) is 9.44. The van der Waals surface area contributed by atoms with Crippen molar-refractivity contribution in [3.8, 4) is 0 Å². The number of ketones is 2. The van der Waals surface area contributed by atoms with E-state index in [1.165, 1.54) is 6.92 Å². The van der Waals surface area contributed by atoms with Gasteiger partial charge in [-0.25, -0.2) is 0 Å². The van der Waals surface area contributed by atoms with Crippen LogP contribution in [0.25, 0.3) is 0 Å². The van der Waals surface area contributed by atoms with Crippen molar-refractivity contribution in [1.29, 1.82) is 0 Å². The molecule has 152 valence electrons. The molecule has 0 bridgehead atoms. The van der Waals surface area contributed by atoms with E-state index >= 15 is 0 Å². The van der Waals surface area contributed by atoms with Crippen LogP contribution in [0.1, 0.15) is 42.6 Å². The predicted octanol–water partition coefficient (Wildman–Crippen LogP) is 3.20. The summed E-state index contributed by atoms with van der Waals surface area (Å²) >= 11 is 0. The first-order chi connectivity index (χ1) is 14.0. The summed E-state index contributed by atoms with van der Waals surface area (Å²) in [5, 5.41) is 15.5. The molecule has 1 amide bonds. The molecule has 29 heavy (non-hydrogen) atoms. The second kappa shape index (κ2) is 10.9. The molecule has 7 heteroatoms. The number of aliphatic hydroxyl groups is 1. The number of anilines is 2. The molecule has 0 aliphatic rings. The van der Waals surface area contributed by atoms with Gasteiger partial charge >= 0.3 is 0 Å². The highest BCUT2D eigenvalue weighted by Crippen LogP contribution is 2.18. The number of amides is 1. The second-order valence-electron chi connectivity index (χ2n) is 6.47. The van der Waals surface area contributed by atoms with Gasteiger partial charge in [0, 0.05) is 31.2 Å². The number of carbonyl (C=O) groups is 3. The molecule has 0 heterocycles. The number of nitrogens with one attached hydrogen (secondary N) is 2. The van der Waals surface area contributed by atoms with Crippen molar-refractivity contribution in [2.45, 2.75) is 33.1 Å². The fourth-order valence-corrected chi connectivity index (χ4v) is 2.67. The van der Waals surface area contributed by atoms with Crippen molar-refractivity contribution in [1.82, 2.24) is 0 Å². The van der Waals surface area contributed by atoms with E-state index in [1.807, 2.05) is 6.92 Å². The Morgan fingerprint density at radius 1 is 1.03 bits per heavy atom. The van der Waals surface area contributed by atoms with Gasteiger partial charge in [0.1, 0.15) is 0 Å². The Bertz CT molecular complexity index is 905. The van der Waals surface area contributed by atoms with E-state index in [0.717, 1.165) is 5.56 Å². The number of hydrogen-bond donors (Lipinski definition) is 3. The average molecular weight is 395 g/mol. The van der Waals surface area contributed by atoms with Crippen LogP contribution in [0.4, 0.5) is 11.4 Å². The van der Waals surface area contributed by atoms with Crippen LogP contribution < -0.4 is 10.7 Å². The van der Waals surface area contributed by atoms with Crippen LogP contribution in [-0.4, -0.2) is 34.9 Å². The van der Waals surface area contributed by atoms with Crippen molar-refractivity contribution in [3.05, 3.63) is 59.7 Å². The van der Waals surface area contributed by atoms with Gasteiger partial charge in [-0.05, 0) is 42.7 Å². The number of nitrogens with zero attached hydrogens (tertiary/aromatic N) is 1. The number of rotatable bonds is 10. The lowest BCUT2D eigenvalue weighted by Crippen LogP contribution is -2.29. The summed E-state index contributed by atoms with van der Waals surface area (Å²) in [6.45, 7) is 3.21. The van der Waals surface area contributed by atoms with Gasteiger partial charge in [0.2, 0.25) is 0 Å². The fraction of sp³-hybridized carbons (Fsp3) is 0.273. The van der Waals surface area contributed by atoms with Crippen LogP contribution in [-0.2, 0) is 16.0 Å². The molecule has 0 aliphatic heterocycles. The monoisotopic (exact) mass is 395 g/mol. The number of hydrogen-bond acceptors (Lipinski definition) is 6. The molecule has 0 unspecified atom stereocenters. The van der Waals surface area contributed by atoms with Gasteiger partial charge in [-0.15, -0.1) is 0 Å². The number of aliphatic hydroxyl groups excluding tert-OH is 1. The molecule has 2 aromatic rings. The number of hydrazone groups is 1. The van der Waals surface area contributed by atoms with E-state index in [4.69, 9.17) is 5.11 Å². The molecule has 2 aromatic carbocycles. The minimum absolute atomic E-state index is 0.0393. The van der Waals surface area contributed by atoms with Gasteiger partial charge in [0.25, 0.3) is 5.91 Å². The quantitative estimate of drug-likeness (QED) is 0.248. The van der Waals surface area contributed by atoms with Crippen LogP contribution in [0.3, 0.4) is 0 Å². The zero-order valence-corrected chi connectivity index (χ0v) is 16.6. The lowest BCUT2D eigenvalue weighted by atomic mass is 10.1. The van der Waals surface area contributed by atoms with Crippen molar-refractivity contribution in [2.24, 2.45) is 5.10 Å². The minimum Gasteiger partial charge on any atom is -0.396 e. The van der Waals surface area contributed by atoms with E-state index in [9.17, 15) is 14.4 Å². The van der Waals surface area contributed by atoms with Gasteiger partial charge in [0.05, 0.1) is 5.69 Å². The summed E-state index contributed by atoms with van der Waals surface area (Å²) in [4.78, 5) is 36.7. The minimum atomic E-state index is -0.655. The second-order valence-corrected chi connectivity index (χ2v) is 6.47. The molecule has 0 fully saturated rings. The van der Waals surface area contributed by atoms with E-state index in [0.29, 0.717) is 36.2 Å². The SMILES string of the molecule is CCCC(=O)c1ccccc1N/N=C(/C(C)=O)C(=O)Nc1ccc(CCO)cc1. The Balaban J connectivity index is 2.17. The molecule has 7 nitrogen and oxygen atoms in total. The first kappa shape index (κ1) is 22.0. The molecule has 0 radical (unpaired) electrons. The smallest absolute Gasteiger partial charge is 0.279 e. The fourth-order valence-electron chi connectivity index (χ4n) is 2.67. The van der Waals surface area contributed by atoms with Gasteiger partial charge < -0.3 is 10.4 Å². The number of para-hydroxylation sites is 1. The van der Waals surface area contributed by atoms with Crippen LogP contribution in [0.15, 0.2) is 53.6 Å². The first-order valence-electron chi connectivity index (χ1n) is 9.44. The molecule has 2 rings (SSSR count). The summed E-state index contributed by atoms with van der Waals surface area (Å²) in [7, 11) is 0. The zero-order valence-electron chi connectivity index (χ0n) is 16.6. The summed E-state index contributed by atoms with van der Waals surface area (Å²) < 4.78 is 0. The van der Waals surface area contributed by atoms with Crippen LogP contribution in [0, 0.1) is 0 Å². The van der Waals surface area contributed by atoms with Crippen molar-refractivity contribution in [2.75, 3.05) is 17.3 Å². The maximum absolute atomic E-state index is 12.5. The zero-order chi connectivity index (χ0) is 21.2. The Morgan fingerprint density at radius 2 is 1.72 bits per heavy atom. The van der Waals surface area contributed by atoms with Crippen LogP contribution in [0.5, 0.6) is 0 Å². The predicted molar refractivity (Wildman–Crippen MR) is 113 cm³/mol. The molecule has 0 atom stereocenters. The third kappa shape index (κ3) is 6.36. The van der Waals surface area contributed by atoms with E-state index in [2.05, 4.69) is 15.8 Å². The number of carbonyl (C=O) groups excluding carboxylic acids is 3. The standard InChI is InChI=1S/C22H25N3O4/c1-3-6-20(28)18-7-4-5-8-19(18)24-25-21(15(2)27)22(29)23-17-11-9-16(10-12-17)13-14-26/h4-5,7-12,24,26H,3,6,13-14H2,1-2H3,(H,23,29)/b25-21-. The molecular formula is C22H25N3O4. The highest BCUT2D eigenvalue weighted by Gasteiger charge is 2.18. The molecular weight excluding hydrogens is 370 g/mol. The maximum atomic E-state index is 12.5. The Labute approximate surface area is 169 Å². The highest BCUT2D eigenvalue weighted by molar-refractivity contribution is 6.67.